The molecule has 1 saturated heterocycles. The summed E-state index contributed by atoms with van der Waals surface area (Å²) in [7, 11) is 1.98. The molecule has 2 heterocycles. The highest BCUT2D eigenvalue weighted by Gasteiger charge is 2.36. The number of carbonyl (C=O) groups is 1. The monoisotopic (exact) mass is 551 g/mol. The van der Waals surface area contributed by atoms with Gasteiger partial charge in [-0.05, 0) is 78.7 Å². The van der Waals surface area contributed by atoms with E-state index in [9.17, 15) is 18.0 Å². The summed E-state index contributed by atoms with van der Waals surface area (Å²) in [5, 5.41) is 7.37. The normalized spacial score (nSPS) is 18.4. The maximum atomic E-state index is 13.9. The van der Waals surface area contributed by atoms with E-state index in [0.717, 1.165) is 76.8 Å². The Morgan fingerprint density at radius 1 is 1.15 bits per heavy atom. The fourth-order valence-electron chi connectivity index (χ4n) is 5.15. The number of piperidine rings is 1. The fourth-order valence-corrected chi connectivity index (χ4v) is 5.15. The molecule has 39 heavy (non-hydrogen) atoms. The number of rotatable bonds is 16. The van der Waals surface area contributed by atoms with Crippen molar-refractivity contribution in [2.45, 2.75) is 89.4 Å². The number of hydrogen-bond donors (Lipinski definition) is 1. The first-order valence-corrected chi connectivity index (χ1v) is 14.2. The fraction of sp³-hybridized carbons (Fsp3) is 0.714. The van der Waals surface area contributed by atoms with Gasteiger partial charge in [-0.1, -0.05) is 12.8 Å². The molecule has 8 nitrogen and oxygen atoms in total. The zero-order valence-corrected chi connectivity index (χ0v) is 23.4. The summed E-state index contributed by atoms with van der Waals surface area (Å²) >= 11 is 0. The van der Waals surface area contributed by atoms with Crippen molar-refractivity contribution >= 4 is 24.9 Å². The first-order valence-electron chi connectivity index (χ1n) is 14.2. The smallest absolute Gasteiger partial charge is 0.369 e. The summed E-state index contributed by atoms with van der Waals surface area (Å²) in [4.78, 5) is 22.9. The van der Waals surface area contributed by atoms with Gasteiger partial charge in [-0.3, -0.25) is 9.67 Å². The molecule has 1 saturated carbocycles. The Morgan fingerprint density at radius 3 is 2.49 bits per heavy atom. The summed E-state index contributed by atoms with van der Waals surface area (Å²) in [6.45, 7) is 9.13. The van der Waals surface area contributed by atoms with E-state index in [1.54, 1.807) is 13.1 Å². The molecule has 0 radical (unpaired) electrons. The van der Waals surface area contributed by atoms with Gasteiger partial charge in [0.2, 0.25) is 0 Å². The highest BCUT2D eigenvalue weighted by molar-refractivity contribution is 5.83. The van der Waals surface area contributed by atoms with Crippen molar-refractivity contribution in [2.24, 2.45) is 9.98 Å². The van der Waals surface area contributed by atoms with Crippen molar-refractivity contribution in [3.05, 3.63) is 23.3 Å². The molecule has 0 bridgehead atoms. The third-order valence-electron chi connectivity index (χ3n) is 7.78. The number of likely N-dealkylation sites (tertiary alicyclic amines) is 1. The number of aldehydes is 1. The molecular formula is C28H44F3N7O. The molecule has 0 spiro atoms. The van der Waals surface area contributed by atoms with E-state index < -0.39 is 11.7 Å². The molecule has 0 unspecified atom stereocenters. The number of aliphatic imine (C=N–C) groups is 2. The van der Waals surface area contributed by atoms with Gasteiger partial charge in [0.15, 0.2) is 0 Å². The number of aromatic nitrogens is 2. The topological polar surface area (TPSA) is 78.1 Å². The minimum absolute atomic E-state index is 0.239. The molecule has 2 fully saturated rings. The molecule has 1 aromatic rings. The minimum atomic E-state index is -4.64. The summed E-state index contributed by atoms with van der Waals surface area (Å²) in [5.41, 5.74) is 0.0720. The summed E-state index contributed by atoms with van der Waals surface area (Å²) in [6.07, 6.45) is 8.85. The molecule has 1 aliphatic carbocycles. The average molecular weight is 552 g/mol. The SMILES string of the molecule is C=N/C(NCCCN(C)CCCCCC=O)=C(\C=N/c1cn(C2CCN(C3CCC3)CC2)nc1C)C(F)(F)F. The third kappa shape index (κ3) is 9.56. The van der Waals surface area contributed by atoms with E-state index in [-0.39, 0.29) is 11.9 Å². The number of unbranched alkanes of at least 4 members (excludes halogenated alkanes) is 3. The quantitative estimate of drug-likeness (QED) is 0.173. The number of aryl methyl sites for hydroxylation is 1. The summed E-state index contributed by atoms with van der Waals surface area (Å²) < 4.78 is 43.7. The van der Waals surface area contributed by atoms with Crippen LogP contribution >= 0.6 is 0 Å². The van der Waals surface area contributed by atoms with E-state index in [4.69, 9.17) is 0 Å². The van der Waals surface area contributed by atoms with Crippen molar-refractivity contribution in [3.8, 4) is 0 Å². The second kappa shape index (κ2) is 15.3. The predicted octanol–water partition coefficient (Wildman–Crippen LogP) is 5.23. The Balaban J connectivity index is 1.55. The maximum absolute atomic E-state index is 13.9. The molecule has 1 aliphatic heterocycles. The highest BCUT2D eigenvalue weighted by atomic mass is 19.4. The number of carbonyl (C=O) groups excluding carboxylic acids is 1. The predicted molar refractivity (Wildman–Crippen MR) is 150 cm³/mol. The van der Waals surface area contributed by atoms with Crippen LogP contribution in [0.4, 0.5) is 18.9 Å². The molecule has 2 aliphatic rings. The zero-order chi connectivity index (χ0) is 28.3. The van der Waals surface area contributed by atoms with Gasteiger partial charge in [-0.2, -0.15) is 18.3 Å². The lowest BCUT2D eigenvalue weighted by Gasteiger charge is -2.41. The lowest BCUT2D eigenvalue weighted by molar-refractivity contribution is -0.108. The number of nitrogens with one attached hydrogen (secondary N) is 1. The molecule has 11 heteroatoms. The zero-order valence-electron chi connectivity index (χ0n) is 23.4. The minimum Gasteiger partial charge on any atom is -0.369 e. The van der Waals surface area contributed by atoms with E-state index in [1.165, 1.54) is 19.3 Å². The molecule has 1 aromatic heterocycles. The average Bonchev–Trinajstić information content (AvgIpc) is 3.24. The van der Waals surface area contributed by atoms with Crippen molar-refractivity contribution < 1.29 is 18.0 Å². The van der Waals surface area contributed by atoms with Gasteiger partial charge in [0.1, 0.15) is 23.4 Å². The largest absolute Gasteiger partial charge is 0.421 e. The van der Waals surface area contributed by atoms with Crippen LogP contribution in [-0.2, 0) is 4.79 Å². The molecule has 1 N–H and O–H groups in total. The highest BCUT2D eigenvalue weighted by Crippen LogP contribution is 2.32. The van der Waals surface area contributed by atoms with Crippen molar-refractivity contribution in [2.75, 3.05) is 39.8 Å². The van der Waals surface area contributed by atoms with Crippen LogP contribution in [0, 0.1) is 6.92 Å². The Morgan fingerprint density at radius 2 is 1.87 bits per heavy atom. The Labute approximate surface area is 230 Å². The van der Waals surface area contributed by atoms with Crippen LogP contribution in [0.25, 0.3) is 0 Å². The van der Waals surface area contributed by atoms with Crippen LogP contribution in [0.2, 0.25) is 0 Å². The number of halogens is 3. The number of alkyl halides is 3. The molecule has 218 valence electrons. The molecular weight excluding hydrogens is 507 g/mol. The van der Waals surface area contributed by atoms with Crippen molar-refractivity contribution in [1.82, 2.24) is 24.9 Å². The molecule has 3 rings (SSSR count). The number of nitrogens with zero attached hydrogens (tertiary/aromatic N) is 6. The van der Waals surface area contributed by atoms with Crippen LogP contribution < -0.4 is 5.32 Å². The van der Waals surface area contributed by atoms with Gasteiger partial charge in [-0.25, -0.2) is 4.99 Å². The van der Waals surface area contributed by atoms with Crippen LogP contribution in [0.1, 0.15) is 75.9 Å². The van der Waals surface area contributed by atoms with E-state index in [1.807, 2.05) is 11.7 Å². The van der Waals surface area contributed by atoms with Crippen LogP contribution in [0.15, 0.2) is 27.6 Å². The standard InChI is InChI=1S/C28H44F3N7O/c1-22-26(21-38(35-22)24-12-17-37(18-13-24)23-10-8-11-23)34-20-25(28(29,30)31)27(32-2)33-14-9-16-36(3)15-6-4-5-7-19-39/h19-21,23-24,33H,2,4-18H2,1,3H3/b27-25-,34-20-. The van der Waals surface area contributed by atoms with Crippen molar-refractivity contribution in [1.29, 1.82) is 0 Å². The van der Waals surface area contributed by atoms with Gasteiger partial charge in [0.25, 0.3) is 0 Å². The van der Waals surface area contributed by atoms with E-state index in [0.29, 0.717) is 30.8 Å². The van der Waals surface area contributed by atoms with Crippen LogP contribution in [0.3, 0.4) is 0 Å². The summed E-state index contributed by atoms with van der Waals surface area (Å²) in [5.74, 6) is -0.323. The van der Waals surface area contributed by atoms with Crippen LogP contribution in [-0.4, -0.2) is 90.8 Å². The molecule has 0 atom stereocenters. The van der Waals surface area contributed by atoms with Gasteiger partial charge in [-0.15, -0.1) is 0 Å². The molecule has 0 amide bonds. The number of allylic oxidation sites excluding steroid dienone is 1. The third-order valence-corrected chi connectivity index (χ3v) is 7.78. The maximum Gasteiger partial charge on any atom is 0.421 e. The second-order valence-corrected chi connectivity index (χ2v) is 10.7. The second-order valence-electron chi connectivity index (χ2n) is 10.7. The van der Waals surface area contributed by atoms with E-state index >= 15 is 0 Å². The Bertz CT molecular complexity index is 976. The Hall–Kier alpha value is -2.53. The van der Waals surface area contributed by atoms with E-state index in [2.05, 4.69) is 36.9 Å². The van der Waals surface area contributed by atoms with Crippen molar-refractivity contribution in [3.63, 3.8) is 0 Å². The van der Waals surface area contributed by atoms with Gasteiger partial charge in [0.05, 0.1) is 17.9 Å². The van der Waals surface area contributed by atoms with Gasteiger partial charge >= 0.3 is 6.18 Å². The Kier molecular flexibility index (Phi) is 12.2. The molecule has 0 aromatic carbocycles. The first kappa shape index (κ1) is 31.0. The lowest BCUT2D eigenvalue weighted by Crippen LogP contribution is -2.45. The van der Waals surface area contributed by atoms with Crippen LogP contribution in [0.5, 0.6) is 0 Å². The number of hydrogen-bond acceptors (Lipinski definition) is 7. The van der Waals surface area contributed by atoms with Gasteiger partial charge < -0.3 is 19.9 Å². The first-order chi connectivity index (χ1) is 18.7. The van der Waals surface area contributed by atoms with Gasteiger partial charge in [0, 0.05) is 38.3 Å². The lowest BCUT2D eigenvalue weighted by atomic mass is 9.89. The summed E-state index contributed by atoms with van der Waals surface area (Å²) in [6, 6.07) is 0.966.